The van der Waals surface area contributed by atoms with Crippen LogP contribution >= 0.6 is 15.9 Å². The van der Waals surface area contributed by atoms with Gasteiger partial charge in [0.05, 0.1) is 8.58 Å². The number of hydrogen-bond donors (Lipinski definition) is 1. The van der Waals surface area contributed by atoms with E-state index in [1.807, 2.05) is 0 Å². The highest BCUT2D eigenvalue weighted by Crippen LogP contribution is 2.19. The molecule has 1 N–H and O–H groups in total. The van der Waals surface area contributed by atoms with Gasteiger partial charge in [0.2, 0.25) is 0 Å². The largest absolute Gasteiger partial charge is 0.507 e. The van der Waals surface area contributed by atoms with Gasteiger partial charge in [-0.2, -0.15) is 0 Å². The lowest BCUT2D eigenvalue weighted by Crippen LogP contribution is -1.69. The summed E-state index contributed by atoms with van der Waals surface area (Å²) in [5.41, 5.74) is 0. The van der Waals surface area contributed by atoms with Crippen molar-refractivity contribution in [3.8, 4) is 5.75 Å². The average molecular weight is 177 g/mol. The quantitative estimate of drug-likeness (QED) is 0.652. The summed E-state index contributed by atoms with van der Waals surface area (Å²) in [6, 6.07) is -0.368. The summed E-state index contributed by atoms with van der Waals surface area (Å²) >= 11 is 2.86. The van der Waals surface area contributed by atoms with Gasteiger partial charge in [-0.3, -0.25) is 4.98 Å². The van der Waals surface area contributed by atoms with Gasteiger partial charge in [-0.25, -0.2) is 0 Å². The minimum Gasteiger partial charge on any atom is -0.507 e. The Kier molecular flexibility index (Phi) is 0.753. The molecule has 0 aliphatic heterocycles. The summed E-state index contributed by atoms with van der Waals surface area (Å²) < 4.78 is 21.2. The number of aromatic nitrogens is 1. The summed E-state index contributed by atoms with van der Waals surface area (Å²) in [5, 5.41) is 9.05. The summed E-state index contributed by atoms with van der Waals surface area (Å²) in [7, 11) is 0. The molecule has 0 aliphatic rings. The van der Waals surface area contributed by atoms with Gasteiger partial charge in [-0.1, -0.05) is 0 Å². The molecule has 0 atom stereocenters. The molecule has 1 rings (SSSR count). The van der Waals surface area contributed by atoms with Crippen LogP contribution in [-0.2, 0) is 0 Å². The number of rotatable bonds is 0. The van der Waals surface area contributed by atoms with Gasteiger partial charge in [0, 0.05) is 12.3 Å². The molecule has 8 heavy (non-hydrogen) atoms. The Morgan fingerprint density at radius 1 is 1.88 bits per heavy atom. The molecule has 42 valence electrons. The second-order valence-corrected chi connectivity index (χ2v) is 1.92. The number of nitrogens with zero attached hydrogens (tertiary/aromatic N) is 1. The van der Waals surface area contributed by atoms with E-state index in [1.165, 1.54) is 0 Å². The molecule has 1 heterocycles. The average Bonchev–Trinajstić information content (AvgIpc) is 1.97. The molecule has 0 fully saturated rings. The van der Waals surface area contributed by atoms with Crippen LogP contribution < -0.4 is 0 Å². The van der Waals surface area contributed by atoms with Crippen LogP contribution in [0.3, 0.4) is 0 Å². The van der Waals surface area contributed by atoms with Crippen LogP contribution in [0.1, 0.15) is 4.11 Å². The molecule has 0 saturated carbocycles. The van der Waals surface area contributed by atoms with Crippen LogP contribution in [0.25, 0.3) is 0 Å². The molecule has 0 radical (unpaired) electrons. The van der Waals surface area contributed by atoms with Crippen molar-refractivity contribution < 1.29 is 9.22 Å². The number of pyridine rings is 1. The molecule has 1 aromatic rings. The summed E-state index contributed by atoms with van der Waals surface area (Å²) in [6.07, 6.45) is -0.626. The molecule has 0 aromatic carbocycles. The van der Waals surface area contributed by atoms with E-state index in [1.54, 1.807) is 0 Å². The standard InChI is InChI=1S/C5H4BrNO/c6-4-3-7-2-1-5(4)8/h1-3H,(H,7,8)/i1D,2D,3D. The van der Waals surface area contributed by atoms with Crippen molar-refractivity contribution in [1.82, 2.24) is 4.98 Å². The fraction of sp³-hybridized carbons (Fsp3) is 0. The zero-order valence-electron chi connectivity index (χ0n) is 6.77. The topological polar surface area (TPSA) is 33.1 Å². The molecule has 1 aromatic heterocycles. The maximum atomic E-state index is 9.05. The van der Waals surface area contributed by atoms with E-state index in [9.17, 15) is 0 Å². The minimum absolute atomic E-state index is 0.0542. The molecule has 2 nitrogen and oxygen atoms in total. The fourth-order valence-corrected chi connectivity index (χ4v) is 0.454. The molecule has 0 amide bonds. The normalized spacial score (nSPS) is 14.4. The van der Waals surface area contributed by atoms with E-state index in [0.29, 0.717) is 0 Å². The molecule has 0 bridgehead atoms. The maximum absolute atomic E-state index is 9.05. The Balaban J connectivity index is 3.46. The van der Waals surface area contributed by atoms with Gasteiger partial charge in [0.25, 0.3) is 0 Å². The van der Waals surface area contributed by atoms with Gasteiger partial charge >= 0.3 is 0 Å². The van der Waals surface area contributed by atoms with Crippen molar-refractivity contribution in [1.29, 1.82) is 0 Å². The molecule has 3 heteroatoms. The molecule has 0 aliphatic carbocycles. The van der Waals surface area contributed by atoms with E-state index in [2.05, 4.69) is 20.9 Å². The smallest absolute Gasteiger partial charge is 0.132 e. The van der Waals surface area contributed by atoms with E-state index < -0.39 is 11.9 Å². The summed E-state index contributed by atoms with van der Waals surface area (Å²) in [4.78, 5) is 3.37. The van der Waals surface area contributed by atoms with E-state index in [-0.39, 0.29) is 16.7 Å². The highest BCUT2D eigenvalue weighted by Gasteiger charge is 1.90. The number of halogens is 1. The summed E-state index contributed by atoms with van der Waals surface area (Å²) in [5.74, 6) is -0.407. The molecular weight excluding hydrogens is 170 g/mol. The first-order valence-corrected chi connectivity index (χ1v) is 2.65. The van der Waals surface area contributed by atoms with Crippen molar-refractivity contribution in [2.75, 3.05) is 0 Å². The second-order valence-electron chi connectivity index (χ2n) is 1.12. The van der Waals surface area contributed by atoms with Crippen LogP contribution in [-0.4, -0.2) is 10.1 Å². The predicted octanol–water partition coefficient (Wildman–Crippen LogP) is 1.55. The maximum Gasteiger partial charge on any atom is 0.132 e. The predicted molar refractivity (Wildman–Crippen MR) is 33.6 cm³/mol. The van der Waals surface area contributed by atoms with Gasteiger partial charge in [-0.15, -0.1) is 0 Å². The highest BCUT2D eigenvalue weighted by atomic mass is 79.9. The molecule has 0 saturated heterocycles. The van der Waals surface area contributed by atoms with Crippen LogP contribution in [0.4, 0.5) is 0 Å². The van der Waals surface area contributed by atoms with Crippen LogP contribution in [0, 0.1) is 0 Å². The third-order valence-corrected chi connectivity index (χ3v) is 1.15. The monoisotopic (exact) mass is 176 g/mol. The van der Waals surface area contributed by atoms with Crippen LogP contribution in [0.15, 0.2) is 22.9 Å². The zero-order chi connectivity index (χ0) is 8.59. The Hall–Kier alpha value is -0.570. The Morgan fingerprint density at radius 3 is 3.38 bits per heavy atom. The lowest BCUT2D eigenvalue weighted by Gasteiger charge is -1.89. The van der Waals surface area contributed by atoms with Crippen LogP contribution in [0.5, 0.6) is 5.75 Å². The number of hydrogen-bond acceptors (Lipinski definition) is 2. The Bertz CT molecular complexity index is 278. The third kappa shape index (κ3) is 0.980. The number of aromatic hydroxyl groups is 1. The third-order valence-electron chi connectivity index (χ3n) is 0.592. The van der Waals surface area contributed by atoms with Crippen molar-refractivity contribution in [2.45, 2.75) is 0 Å². The zero-order valence-corrected chi connectivity index (χ0v) is 5.36. The van der Waals surface area contributed by atoms with E-state index >= 15 is 0 Å². The lowest BCUT2D eigenvalue weighted by atomic mass is 10.5. The molecule has 0 spiro atoms. The van der Waals surface area contributed by atoms with Crippen molar-refractivity contribution in [3.63, 3.8) is 0 Å². The molecule has 0 unspecified atom stereocenters. The fourth-order valence-electron chi connectivity index (χ4n) is 0.266. The minimum atomic E-state index is -0.407. The first-order valence-electron chi connectivity index (χ1n) is 3.36. The van der Waals surface area contributed by atoms with E-state index in [0.717, 1.165) is 0 Å². The van der Waals surface area contributed by atoms with Gasteiger partial charge in [0.1, 0.15) is 5.75 Å². The first kappa shape index (κ1) is 2.82. The van der Waals surface area contributed by atoms with Crippen LogP contribution in [0.2, 0.25) is 0 Å². The molecular formula is C5H4BrNO. The van der Waals surface area contributed by atoms with Gasteiger partial charge in [0.15, 0.2) is 0 Å². The highest BCUT2D eigenvalue weighted by molar-refractivity contribution is 9.10. The van der Waals surface area contributed by atoms with E-state index in [4.69, 9.17) is 9.22 Å². The lowest BCUT2D eigenvalue weighted by molar-refractivity contribution is 0.471. The first-order chi connectivity index (χ1) is 5.04. The Morgan fingerprint density at radius 2 is 2.62 bits per heavy atom. The second kappa shape index (κ2) is 2.13. The SMILES string of the molecule is [2H]c1nc([2H])c(Br)c(O)c1[2H]. The van der Waals surface area contributed by atoms with Gasteiger partial charge < -0.3 is 5.11 Å². The van der Waals surface area contributed by atoms with Crippen molar-refractivity contribution in [3.05, 3.63) is 22.9 Å². The van der Waals surface area contributed by atoms with Gasteiger partial charge in [-0.05, 0) is 22.0 Å². The Labute approximate surface area is 59.5 Å². The summed E-state index contributed by atoms with van der Waals surface area (Å²) in [6.45, 7) is 0. The van der Waals surface area contributed by atoms with Crippen molar-refractivity contribution in [2.24, 2.45) is 0 Å². The van der Waals surface area contributed by atoms with Crippen molar-refractivity contribution >= 4 is 15.9 Å².